The number of ether oxygens (including phenoxy) is 1. The number of para-hydroxylation sites is 1. The van der Waals surface area contributed by atoms with Crippen molar-refractivity contribution in [3.05, 3.63) is 100 Å². The molecule has 5 aromatic rings. The van der Waals surface area contributed by atoms with Gasteiger partial charge in [-0.1, -0.05) is 26.0 Å². The number of nitrogens with zero attached hydrogens (tertiary/aromatic N) is 3. The lowest BCUT2D eigenvalue weighted by molar-refractivity contribution is -0.117. The molecule has 220 valence electrons. The highest BCUT2D eigenvalue weighted by atomic mass is 32.2. The number of methoxy groups -OCH3 is 1. The average Bonchev–Trinajstić information content (AvgIpc) is 3.45. The minimum absolute atomic E-state index is 0.0510. The maximum absolute atomic E-state index is 13.7. The van der Waals surface area contributed by atoms with Crippen LogP contribution in [0.4, 0.5) is 0 Å². The monoisotopic (exact) mass is 598 g/mol. The Hall–Kier alpha value is -5.03. The SMILES string of the molecule is COc1cc(C)c(-c2nc3ccccc3c(=O)n2N=Cc2ccc(-c3ccc(S(=O)(=O)NC(C)=O)cc3)o2)cc1C(C)C. The third kappa shape index (κ3) is 5.98. The summed E-state index contributed by atoms with van der Waals surface area (Å²) in [6.07, 6.45) is 1.43. The number of furan rings is 1. The molecule has 0 aliphatic rings. The van der Waals surface area contributed by atoms with E-state index in [4.69, 9.17) is 14.1 Å². The Morgan fingerprint density at radius 3 is 2.47 bits per heavy atom. The molecule has 11 heteroatoms. The molecule has 43 heavy (non-hydrogen) atoms. The van der Waals surface area contributed by atoms with Gasteiger partial charge in [0.15, 0.2) is 5.82 Å². The number of carbonyl (C=O) groups is 1. The summed E-state index contributed by atoms with van der Waals surface area (Å²) in [6.45, 7) is 7.20. The minimum Gasteiger partial charge on any atom is -0.496 e. The van der Waals surface area contributed by atoms with Crippen LogP contribution in [-0.2, 0) is 14.8 Å². The van der Waals surface area contributed by atoms with Gasteiger partial charge in [-0.25, -0.2) is 18.1 Å². The Labute approximate surface area is 248 Å². The number of aryl methyl sites for hydroxylation is 1. The van der Waals surface area contributed by atoms with Crippen LogP contribution < -0.4 is 15.0 Å². The minimum atomic E-state index is -3.95. The smallest absolute Gasteiger partial charge is 0.282 e. The van der Waals surface area contributed by atoms with Crippen molar-refractivity contribution < 1.29 is 22.4 Å². The number of amides is 1. The fourth-order valence-corrected chi connectivity index (χ4v) is 5.70. The Morgan fingerprint density at radius 2 is 1.79 bits per heavy atom. The van der Waals surface area contributed by atoms with Gasteiger partial charge in [-0.3, -0.25) is 9.59 Å². The lowest BCUT2D eigenvalue weighted by Crippen LogP contribution is -2.28. The number of aromatic nitrogens is 2. The van der Waals surface area contributed by atoms with Gasteiger partial charge < -0.3 is 9.15 Å². The highest BCUT2D eigenvalue weighted by Gasteiger charge is 2.19. The number of benzene rings is 3. The van der Waals surface area contributed by atoms with Gasteiger partial charge in [0.2, 0.25) is 5.91 Å². The first-order chi connectivity index (χ1) is 20.5. The van der Waals surface area contributed by atoms with Gasteiger partial charge in [0.1, 0.15) is 17.3 Å². The number of hydrogen-bond acceptors (Lipinski definition) is 8. The van der Waals surface area contributed by atoms with Crippen LogP contribution >= 0.6 is 0 Å². The quantitative estimate of drug-likeness (QED) is 0.234. The molecule has 2 heterocycles. The molecule has 0 saturated heterocycles. The van der Waals surface area contributed by atoms with Crippen molar-refractivity contribution in [2.45, 2.75) is 38.5 Å². The topological polar surface area (TPSA) is 133 Å². The van der Waals surface area contributed by atoms with E-state index in [1.54, 1.807) is 49.6 Å². The van der Waals surface area contributed by atoms with Gasteiger partial charge in [0.05, 0.1) is 29.1 Å². The van der Waals surface area contributed by atoms with Crippen molar-refractivity contribution in [2.24, 2.45) is 5.10 Å². The van der Waals surface area contributed by atoms with Crippen LogP contribution in [-0.4, -0.2) is 37.3 Å². The molecular weight excluding hydrogens is 568 g/mol. The van der Waals surface area contributed by atoms with Crippen LogP contribution in [0.25, 0.3) is 33.6 Å². The first-order valence-electron chi connectivity index (χ1n) is 13.5. The molecule has 0 unspecified atom stereocenters. The fourth-order valence-electron chi connectivity index (χ4n) is 4.71. The second-order valence-corrected chi connectivity index (χ2v) is 11.9. The molecule has 0 spiro atoms. The molecule has 10 nitrogen and oxygen atoms in total. The van der Waals surface area contributed by atoms with Crippen LogP contribution in [0.1, 0.15) is 43.6 Å². The van der Waals surface area contributed by atoms with Crippen molar-refractivity contribution in [1.82, 2.24) is 14.4 Å². The molecule has 0 radical (unpaired) electrons. The standard InChI is InChI=1S/C32H30N4O6S/c1-19(2)26-17-27(20(3)16-30(26)41-5)31-34-28-9-7-6-8-25(28)32(38)36(31)33-18-23-12-15-29(42-23)22-10-13-24(14-11-22)43(39,40)35-21(4)37/h6-19H,1-5H3,(H,35,37). The van der Waals surface area contributed by atoms with Crippen molar-refractivity contribution in [3.63, 3.8) is 0 Å². The molecule has 0 fully saturated rings. The zero-order valence-electron chi connectivity index (χ0n) is 24.3. The summed E-state index contributed by atoms with van der Waals surface area (Å²) in [5.74, 6) is 1.46. The molecule has 0 aliphatic heterocycles. The summed E-state index contributed by atoms with van der Waals surface area (Å²) in [4.78, 5) is 29.7. The zero-order chi connectivity index (χ0) is 30.9. The highest BCUT2D eigenvalue weighted by Crippen LogP contribution is 2.34. The number of fused-ring (bicyclic) bond motifs is 1. The molecule has 0 atom stereocenters. The fraction of sp³-hybridized carbons (Fsp3) is 0.188. The normalized spacial score (nSPS) is 11.9. The van der Waals surface area contributed by atoms with E-state index in [9.17, 15) is 18.0 Å². The third-order valence-electron chi connectivity index (χ3n) is 6.85. The molecule has 2 aromatic heterocycles. The summed E-state index contributed by atoms with van der Waals surface area (Å²) in [7, 11) is -2.32. The molecule has 1 N–H and O–H groups in total. The Bertz CT molecular complexity index is 2040. The van der Waals surface area contributed by atoms with E-state index in [1.165, 1.54) is 23.0 Å². The number of sulfonamides is 1. The van der Waals surface area contributed by atoms with E-state index in [-0.39, 0.29) is 16.4 Å². The second-order valence-electron chi connectivity index (χ2n) is 10.3. The number of hydrogen-bond donors (Lipinski definition) is 1. The summed E-state index contributed by atoms with van der Waals surface area (Å²) in [5, 5.41) is 4.94. The molecule has 1 amide bonds. The van der Waals surface area contributed by atoms with Crippen molar-refractivity contribution in [2.75, 3.05) is 7.11 Å². The van der Waals surface area contributed by atoms with Gasteiger partial charge in [-0.2, -0.15) is 9.78 Å². The predicted octanol–water partition coefficient (Wildman–Crippen LogP) is 5.47. The van der Waals surface area contributed by atoms with Crippen LogP contribution in [0.3, 0.4) is 0 Å². The van der Waals surface area contributed by atoms with Crippen LogP contribution in [0.5, 0.6) is 5.75 Å². The number of carbonyl (C=O) groups excluding carboxylic acids is 1. The van der Waals surface area contributed by atoms with E-state index in [0.717, 1.165) is 29.4 Å². The van der Waals surface area contributed by atoms with E-state index in [0.29, 0.717) is 33.8 Å². The van der Waals surface area contributed by atoms with Gasteiger partial charge in [-0.15, -0.1) is 0 Å². The van der Waals surface area contributed by atoms with Gasteiger partial charge in [-0.05, 0) is 84.6 Å². The number of rotatable bonds is 8. The van der Waals surface area contributed by atoms with E-state index in [1.807, 2.05) is 29.8 Å². The second kappa shape index (κ2) is 11.7. The molecular formula is C32H30N4O6S. The van der Waals surface area contributed by atoms with Crippen LogP contribution in [0.2, 0.25) is 0 Å². The zero-order valence-corrected chi connectivity index (χ0v) is 25.1. The first kappa shape index (κ1) is 29.5. The average molecular weight is 599 g/mol. The third-order valence-corrected chi connectivity index (χ3v) is 8.30. The van der Waals surface area contributed by atoms with Crippen molar-refractivity contribution >= 4 is 33.0 Å². The summed E-state index contributed by atoms with van der Waals surface area (Å²) >= 11 is 0. The maximum Gasteiger partial charge on any atom is 0.282 e. The Morgan fingerprint density at radius 1 is 1.07 bits per heavy atom. The van der Waals surface area contributed by atoms with E-state index in [2.05, 4.69) is 18.9 Å². The lowest BCUT2D eigenvalue weighted by atomic mass is 9.96. The van der Waals surface area contributed by atoms with Gasteiger partial charge in [0, 0.05) is 18.1 Å². The molecule has 0 bridgehead atoms. The largest absolute Gasteiger partial charge is 0.496 e. The number of nitrogens with one attached hydrogen (secondary N) is 1. The van der Waals surface area contributed by atoms with Crippen LogP contribution in [0, 0.1) is 6.92 Å². The Balaban J connectivity index is 1.55. The molecule has 3 aromatic carbocycles. The Kier molecular flexibility index (Phi) is 8.01. The van der Waals surface area contributed by atoms with Crippen molar-refractivity contribution in [3.8, 4) is 28.5 Å². The van der Waals surface area contributed by atoms with Gasteiger partial charge >= 0.3 is 0 Å². The highest BCUT2D eigenvalue weighted by molar-refractivity contribution is 7.90. The van der Waals surface area contributed by atoms with Gasteiger partial charge in [0.25, 0.3) is 15.6 Å². The maximum atomic E-state index is 13.7. The molecule has 0 saturated carbocycles. The lowest BCUT2D eigenvalue weighted by Gasteiger charge is -2.17. The van der Waals surface area contributed by atoms with E-state index < -0.39 is 15.9 Å². The van der Waals surface area contributed by atoms with Crippen LogP contribution in [0.15, 0.2) is 92.0 Å². The van der Waals surface area contributed by atoms with E-state index >= 15 is 0 Å². The summed E-state index contributed by atoms with van der Waals surface area (Å²) in [5.41, 5.74) is 3.44. The predicted molar refractivity (Wildman–Crippen MR) is 165 cm³/mol. The summed E-state index contributed by atoms with van der Waals surface area (Å²) in [6, 6.07) is 20.3. The molecule has 0 aliphatic carbocycles. The van der Waals surface area contributed by atoms with Crippen molar-refractivity contribution in [1.29, 1.82) is 0 Å². The molecule has 5 rings (SSSR count). The first-order valence-corrected chi connectivity index (χ1v) is 15.0. The summed E-state index contributed by atoms with van der Waals surface area (Å²) < 4.78 is 39.2.